The van der Waals surface area contributed by atoms with Crippen molar-refractivity contribution in [1.29, 1.82) is 0 Å². The fourth-order valence-corrected chi connectivity index (χ4v) is 3.97. The topological polar surface area (TPSA) is 32.3 Å². The summed E-state index contributed by atoms with van der Waals surface area (Å²) in [6.45, 7) is 5.66. The molecular formula is C18H27NO. The lowest BCUT2D eigenvalue weighted by molar-refractivity contribution is 0.129. The van der Waals surface area contributed by atoms with Crippen LogP contribution in [0.15, 0.2) is 24.3 Å². The van der Waals surface area contributed by atoms with E-state index >= 15 is 0 Å². The molecule has 0 bridgehead atoms. The molecule has 1 saturated carbocycles. The Bertz CT molecular complexity index is 468. The summed E-state index contributed by atoms with van der Waals surface area (Å²) < 4.78 is 0. The van der Waals surface area contributed by atoms with Gasteiger partial charge in [0.15, 0.2) is 0 Å². The van der Waals surface area contributed by atoms with Crippen LogP contribution in [0.2, 0.25) is 0 Å². The van der Waals surface area contributed by atoms with E-state index in [9.17, 15) is 5.11 Å². The van der Waals surface area contributed by atoms with Crippen molar-refractivity contribution in [3.8, 4) is 0 Å². The maximum Gasteiger partial charge on any atom is 0.0580 e. The summed E-state index contributed by atoms with van der Waals surface area (Å²) in [6, 6.07) is 9.34. The highest BCUT2D eigenvalue weighted by Crippen LogP contribution is 2.41. The molecule has 20 heavy (non-hydrogen) atoms. The monoisotopic (exact) mass is 273 g/mol. The van der Waals surface area contributed by atoms with Gasteiger partial charge in [0, 0.05) is 12.6 Å². The van der Waals surface area contributed by atoms with Gasteiger partial charge in [0.2, 0.25) is 0 Å². The molecule has 3 rings (SSSR count). The zero-order chi connectivity index (χ0) is 14.2. The van der Waals surface area contributed by atoms with E-state index < -0.39 is 0 Å². The normalized spacial score (nSPS) is 32.0. The highest BCUT2D eigenvalue weighted by atomic mass is 16.3. The van der Waals surface area contributed by atoms with Crippen molar-refractivity contribution in [2.75, 3.05) is 6.54 Å². The van der Waals surface area contributed by atoms with Crippen LogP contribution in [0.4, 0.5) is 0 Å². The predicted octanol–water partition coefficient (Wildman–Crippen LogP) is 3.55. The number of aliphatic hydroxyl groups excluding tert-OH is 1. The molecule has 1 aromatic carbocycles. The van der Waals surface area contributed by atoms with Crippen molar-refractivity contribution >= 4 is 0 Å². The van der Waals surface area contributed by atoms with E-state index in [0.29, 0.717) is 17.4 Å². The molecule has 2 nitrogen and oxygen atoms in total. The Kier molecular flexibility index (Phi) is 3.87. The largest absolute Gasteiger partial charge is 0.393 e. The van der Waals surface area contributed by atoms with Gasteiger partial charge in [0.1, 0.15) is 0 Å². The van der Waals surface area contributed by atoms with E-state index in [2.05, 4.69) is 43.4 Å². The lowest BCUT2D eigenvalue weighted by Gasteiger charge is -2.38. The summed E-state index contributed by atoms with van der Waals surface area (Å²) in [5.41, 5.74) is 3.26. The molecule has 0 spiro atoms. The van der Waals surface area contributed by atoms with Gasteiger partial charge in [-0.1, -0.05) is 44.5 Å². The molecule has 0 aromatic heterocycles. The Hall–Kier alpha value is -0.860. The van der Waals surface area contributed by atoms with Crippen LogP contribution in [0.3, 0.4) is 0 Å². The molecule has 2 aliphatic carbocycles. The molecule has 1 fully saturated rings. The molecule has 3 unspecified atom stereocenters. The van der Waals surface area contributed by atoms with Crippen molar-refractivity contribution in [1.82, 2.24) is 5.32 Å². The van der Waals surface area contributed by atoms with Gasteiger partial charge in [-0.25, -0.2) is 0 Å². The van der Waals surface area contributed by atoms with Crippen molar-refractivity contribution in [2.45, 2.75) is 63.5 Å². The fourth-order valence-electron chi connectivity index (χ4n) is 3.97. The number of nitrogens with one attached hydrogen (secondary N) is 1. The summed E-state index contributed by atoms with van der Waals surface area (Å²) in [5.74, 6) is 0.456. The molecule has 1 aromatic rings. The van der Waals surface area contributed by atoms with Gasteiger partial charge in [0.05, 0.1) is 6.10 Å². The van der Waals surface area contributed by atoms with Crippen LogP contribution in [-0.4, -0.2) is 17.8 Å². The van der Waals surface area contributed by atoms with E-state index in [1.807, 2.05) is 0 Å². The van der Waals surface area contributed by atoms with Gasteiger partial charge in [0.25, 0.3) is 0 Å². The summed E-state index contributed by atoms with van der Waals surface area (Å²) >= 11 is 0. The Morgan fingerprint density at radius 3 is 2.75 bits per heavy atom. The quantitative estimate of drug-likeness (QED) is 0.882. The average molecular weight is 273 g/mol. The molecule has 0 radical (unpaired) electrons. The number of rotatable bonds is 3. The zero-order valence-corrected chi connectivity index (χ0v) is 12.7. The molecule has 2 heteroatoms. The molecule has 0 aliphatic heterocycles. The molecule has 0 amide bonds. The third-order valence-electron chi connectivity index (χ3n) is 5.37. The summed E-state index contributed by atoms with van der Waals surface area (Å²) in [4.78, 5) is 0. The Morgan fingerprint density at radius 2 is 2.00 bits per heavy atom. The summed E-state index contributed by atoms with van der Waals surface area (Å²) in [5, 5.41) is 13.7. The second-order valence-corrected chi connectivity index (χ2v) is 7.23. The van der Waals surface area contributed by atoms with Crippen molar-refractivity contribution in [2.24, 2.45) is 5.92 Å². The smallest absolute Gasteiger partial charge is 0.0580 e. The van der Waals surface area contributed by atoms with Crippen molar-refractivity contribution in [3.63, 3.8) is 0 Å². The summed E-state index contributed by atoms with van der Waals surface area (Å²) in [7, 11) is 0. The van der Waals surface area contributed by atoms with Crippen LogP contribution in [0.5, 0.6) is 0 Å². The number of aliphatic hydroxyl groups is 1. The van der Waals surface area contributed by atoms with E-state index in [4.69, 9.17) is 0 Å². The lowest BCUT2D eigenvalue weighted by Crippen LogP contribution is -2.36. The molecular weight excluding hydrogens is 246 g/mol. The standard InChI is InChI=1S/C18H27NO/c1-18(2)11-10-16(14-7-3-4-8-15(14)18)19-12-13-6-5-9-17(13)20/h3-4,7-8,13,16-17,19-20H,5-6,9-12H2,1-2H3. The third kappa shape index (κ3) is 2.64. The summed E-state index contributed by atoms with van der Waals surface area (Å²) in [6.07, 6.45) is 5.69. The van der Waals surface area contributed by atoms with Crippen LogP contribution in [0, 0.1) is 5.92 Å². The predicted molar refractivity (Wildman–Crippen MR) is 82.8 cm³/mol. The fraction of sp³-hybridized carbons (Fsp3) is 0.667. The Balaban J connectivity index is 1.72. The van der Waals surface area contributed by atoms with Gasteiger partial charge in [-0.05, 0) is 48.1 Å². The minimum absolute atomic E-state index is 0.0854. The van der Waals surface area contributed by atoms with E-state index in [1.54, 1.807) is 0 Å². The first-order valence-electron chi connectivity index (χ1n) is 8.09. The minimum atomic E-state index is -0.0854. The molecule has 2 aliphatic rings. The molecule has 110 valence electrons. The Morgan fingerprint density at radius 1 is 1.20 bits per heavy atom. The van der Waals surface area contributed by atoms with Crippen LogP contribution < -0.4 is 5.32 Å². The number of benzene rings is 1. The average Bonchev–Trinajstić information content (AvgIpc) is 2.84. The Labute approximate surface area is 122 Å². The van der Waals surface area contributed by atoms with Crippen LogP contribution in [-0.2, 0) is 5.41 Å². The van der Waals surface area contributed by atoms with Gasteiger partial charge < -0.3 is 10.4 Å². The molecule has 0 saturated heterocycles. The molecule has 2 N–H and O–H groups in total. The van der Waals surface area contributed by atoms with Crippen LogP contribution in [0.1, 0.15) is 63.1 Å². The lowest BCUT2D eigenvalue weighted by atomic mass is 9.71. The maximum atomic E-state index is 9.96. The highest BCUT2D eigenvalue weighted by molar-refractivity contribution is 5.38. The van der Waals surface area contributed by atoms with E-state index in [0.717, 1.165) is 13.0 Å². The first-order valence-corrected chi connectivity index (χ1v) is 8.09. The minimum Gasteiger partial charge on any atom is -0.393 e. The second-order valence-electron chi connectivity index (χ2n) is 7.23. The van der Waals surface area contributed by atoms with Crippen molar-refractivity contribution < 1.29 is 5.11 Å². The highest BCUT2D eigenvalue weighted by Gasteiger charge is 2.33. The number of hydrogen-bond donors (Lipinski definition) is 2. The van der Waals surface area contributed by atoms with Gasteiger partial charge in [-0.15, -0.1) is 0 Å². The third-order valence-corrected chi connectivity index (χ3v) is 5.37. The zero-order valence-electron chi connectivity index (χ0n) is 12.7. The van der Waals surface area contributed by atoms with Gasteiger partial charge >= 0.3 is 0 Å². The van der Waals surface area contributed by atoms with Gasteiger partial charge in [-0.3, -0.25) is 0 Å². The van der Waals surface area contributed by atoms with Crippen molar-refractivity contribution in [3.05, 3.63) is 35.4 Å². The maximum absolute atomic E-state index is 9.96. The van der Waals surface area contributed by atoms with E-state index in [-0.39, 0.29) is 6.10 Å². The molecule has 0 heterocycles. The first kappa shape index (κ1) is 14.1. The van der Waals surface area contributed by atoms with Crippen LogP contribution in [0.25, 0.3) is 0 Å². The van der Waals surface area contributed by atoms with Crippen LogP contribution >= 0.6 is 0 Å². The first-order chi connectivity index (χ1) is 9.58. The second kappa shape index (κ2) is 5.50. The van der Waals surface area contributed by atoms with Gasteiger partial charge in [-0.2, -0.15) is 0 Å². The number of fused-ring (bicyclic) bond motifs is 1. The number of hydrogen-bond acceptors (Lipinski definition) is 2. The SMILES string of the molecule is CC1(C)CCC(NCC2CCCC2O)c2ccccc21. The van der Waals surface area contributed by atoms with E-state index in [1.165, 1.54) is 36.8 Å². The molecule has 3 atom stereocenters.